The number of benzene rings is 2. The maximum absolute atomic E-state index is 12.1. The Labute approximate surface area is 173 Å². The first-order valence-corrected chi connectivity index (χ1v) is 9.83. The summed E-state index contributed by atoms with van der Waals surface area (Å²) in [5.74, 6) is 0.874. The van der Waals surface area contributed by atoms with E-state index in [9.17, 15) is 4.79 Å². The van der Waals surface area contributed by atoms with E-state index >= 15 is 0 Å². The van der Waals surface area contributed by atoms with Crippen molar-refractivity contribution in [2.75, 3.05) is 34.2 Å². The van der Waals surface area contributed by atoms with Crippen LogP contribution < -0.4 is 5.32 Å². The Kier molecular flexibility index (Phi) is 8.33. The summed E-state index contributed by atoms with van der Waals surface area (Å²) in [4.78, 5) is 20.5. The molecule has 0 aliphatic rings. The van der Waals surface area contributed by atoms with Gasteiger partial charge in [-0.1, -0.05) is 35.9 Å². The summed E-state index contributed by atoms with van der Waals surface area (Å²) in [6.45, 7) is 4.25. The first-order chi connectivity index (χ1) is 13.4. The van der Waals surface area contributed by atoms with Crippen molar-refractivity contribution in [2.24, 2.45) is 4.99 Å². The fourth-order valence-electron chi connectivity index (χ4n) is 2.82. The number of rotatable bonds is 7. The highest BCUT2D eigenvalue weighted by molar-refractivity contribution is 6.30. The largest absolute Gasteiger partial charge is 0.357 e. The zero-order valence-electron chi connectivity index (χ0n) is 17.1. The Morgan fingerprint density at radius 2 is 1.79 bits per heavy atom. The number of guanidine groups is 1. The number of nitrogens with one attached hydrogen (secondary N) is 1. The van der Waals surface area contributed by atoms with Crippen molar-refractivity contribution in [1.82, 2.24) is 15.1 Å². The summed E-state index contributed by atoms with van der Waals surface area (Å²) in [5, 5.41) is 4.07. The second-order valence-corrected chi connectivity index (χ2v) is 7.30. The average molecular weight is 401 g/mol. The van der Waals surface area contributed by atoms with E-state index in [-0.39, 0.29) is 5.91 Å². The van der Waals surface area contributed by atoms with Crippen LogP contribution in [0, 0.1) is 0 Å². The number of carbonyl (C=O) groups is 1. The molecule has 2 rings (SSSR count). The Morgan fingerprint density at radius 3 is 2.43 bits per heavy atom. The van der Waals surface area contributed by atoms with Crippen LogP contribution in [0.1, 0.15) is 28.4 Å². The highest BCUT2D eigenvalue weighted by atomic mass is 35.5. The monoisotopic (exact) mass is 400 g/mol. The van der Waals surface area contributed by atoms with Gasteiger partial charge in [-0.15, -0.1) is 0 Å². The van der Waals surface area contributed by atoms with Crippen molar-refractivity contribution in [3.8, 4) is 0 Å². The minimum Gasteiger partial charge on any atom is -0.357 e. The van der Waals surface area contributed by atoms with E-state index < -0.39 is 0 Å². The Bertz CT molecular complexity index is 802. The van der Waals surface area contributed by atoms with Crippen molar-refractivity contribution in [3.63, 3.8) is 0 Å². The molecule has 2 aromatic rings. The smallest absolute Gasteiger partial charge is 0.253 e. The van der Waals surface area contributed by atoms with E-state index in [2.05, 4.69) is 17.1 Å². The molecule has 0 radical (unpaired) electrons. The lowest BCUT2D eigenvalue weighted by Gasteiger charge is -2.22. The van der Waals surface area contributed by atoms with Crippen molar-refractivity contribution < 1.29 is 4.79 Å². The van der Waals surface area contributed by atoms with Crippen molar-refractivity contribution in [2.45, 2.75) is 19.9 Å². The summed E-state index contributed by atoms with van der Waals surface area (Å²) < 4.78 is 0. The molecule has 0 saturated carbocycles. The molecule has 2 aromatic carbocycles. The molecule has 0 saturated heterocycles. The first kappa shape index (κ1) is 21.8. The summed E-state index contributed by atoms with van der Waals surface area (Å²) in [6.07, 6.45) is 0.776. The van der Waals surface area contributed by atoms with Gasteiger partial charge < -0.3 is 15.1 Å². The minimum absolute atomic E-state index is 0.0152. The third-order valence-electron chi connectivity index (χ3n) is 4.27. The highest BCUT2D eigenvalue weighted by Crippen LogP contribution is 2.11. The van der Waals surface area contributed by atoms with Gasteiger partial charge in [-0.3, -0.25) is 9.79 Å². The van der Waals surface area contributed by atoms with Gasteiger partial charge in [0, 0.05) is 51.4 Å². The maximum atomic E-state index is 12.1. The molecule has 5 nitrogen and oxygen atoms in total. The van der Waals surface area contributed by atoms with Crippen molar-refractivity contribution >= 4 is 23.5 Å². The Hall–Kier alpha value is -2.53. The molecule has 150 valence electrons. The maximum Gasteiger partial charge on any atom is 0.253 e. The molecule has 28 heavy (non-hydrogen) atoms. The standard InChI is InChI=1S/C22H29ClN4O/c1-5-24-22(27(4)16-18-9-11-20(23)12-10-18)25-14-13-17-7-6-8-19(15-17)21(28)26(2)3/h6-12,15H,5,13-14,16H2,1-4H3,(H,24,25). The Balaban J connectivity index is 2.01. The molecule has 0 unspecified atom stereocenters. The van der Waals surface area contributed by atoms with Gasteiger partial charge in [-0.2, -0.15) is 0 Å². The molecule has 0 spiro atoms. The van der Waals surface area contributed by atoms with Crippen LogP contribution in [0.15, 0.2) is 53.5 Å². The van der Waals surface area contributed by atoms with Gasteiger partial charge >= 0.3 is 0 Å². The number of carbonyl (C=O) groups excluding carboxylic acids is 1. The van der Waals surface area contributed by atoms with Gasteiger partial charge in [0.15, 0.2) is 5.96 Å². The van der Waals surface area contributed by atoms with Crippen LogP contribution in [-0.4, -0.2) is 55.9 Å². The number of amides is 1. The van der Waals surface area contributed by atoms with Gasteiger partial charge in [0.1, 0.15) is 0 Å². The molecule has 0 aliphatic heterocycles. The number of hydrogen-bond acceptors (Lipinski definition) is 2. The lowest BCUT2D eigenvalue weighted by Crippen LogP contribution is -2.38. The third kappa shape index (κ3) is 6.57. The van der Waals surface area contributed by atoms with E-state index in [1.165, 1.54) is 5.56 Å². The summed E-state index contributed by atoms with van der Waals surface area (Å²) >= 11 is 5.96. The Morgan fingerprint density at radius 1 is 1.07 bits per heavy atom. The molecule has 6 heteroatoms. The van der Waals surface area contributed by atoms with Gasteiger partial charge in [-0.05, 0) is 48.7 Å². The topological polar surface area (TPSA) is 47.9 Å². The van der Waals surface area contributed by atoms with Gasteiger partial charge in [-0.25, -0.2) is 0 Å². The fraction of sp³-hybridized carbons (Fsp3) is 0.364. The van der Waals surface area contributed by atoms with Crippen LogP contribution in [0.4, 0.5) is 0 Å². The van der Waals surface area contributed by atoms with Gasteiger partial charge in [0.2, 0.25) is 0 Å². The summed E-state index contributed by atoms with van der Waals surface area (Å²) in [6, 6.07) is 15.6. The normalized spacial score (nSPS) is 11.2. The highest BCUT2D eigenvalue weighted by Gasteiger charge is 2.09. The SMILES string of the molecule is CCNC(=NCCc1cccc(C(=O)N(C)C)c1)N(C)Cc1ccc(Cl)cc1. The van der Waals surface area contributed by atoms with E-state index in [1.54, 1.807) is 19.0 Å². The molecule has 1 amide bonds. The second-order valence-electron chi connectivity index (χ2n) is 6.87. The van der Waals surface area contributed by atoms with Crippen LogP contribution in [-0.2, 0) is 13.0 Å². The average Bonchev–Trinajstić information content (AvgIpc) is 2.68. The second kappa shape index (κ2) is 10.7. The molecule has 0 aliphatic carbocycles. The van der Waals surface area contributed by atoms with Gasteiger partial charge in [0.25, 0.3) is 5.91 Å². The molecular weight excluding hydrogens is 372 g/mol. The van der Waals surface area contributed by atoms with Crippen LogP contribution in [0.25, 0.3) is 0 Å². The summed E-state index contributed by atoms with van der Waals surface area (Å²) in [5.41, 5.74) is 2.98. The molecule has 1 N–H and O–H groups in total. The quantitative estimate of drug-likeness (QED) is 0.569. The molecule has 0 aromatic heterocycles. The number of halogens is 1. The van der Waals surface area contributed by atoms with Gasteiger partial charge in [0.05, 0.1) is 0 Å². The van der Waals surface area contributed by atoms with Crippen LogP contribution in [0.2, 0.25) is 5.02 Å². The molecule has 0 fully saturated rings. The molecule has 0 bridgehead atoms. The van der Waals surface area contributed by atoms with Crippen molar-refractivity contribution in [3.05, 3.63) is 70.2 Å². The van der Waals surface area contributed by atoms with Crippen molar-refractivity contribution in [1.29, 1.82) is 0 Å². The molecule has 0 atom stereocenters. The number of hydrogen-bond donors (Lipinski definition) is 1. The molecular formula is C22H29ClN4O. The predicted octanol–water partition coefficient (Wildman–Crippen LogP) is 3.68. The van der Waals surface area contributed by atoms with E-state index in [0.717, 1.165) is 36.1 Å². The lowest BCUT2D eigenvalue weighted by molar-refractivity contribution is 0.0827. The minimum atomic E-state index is 0.0152. The predicted molar refractivity (Wildman–Crippen MR) is 117 cm³/mol. The zero-order valence-corrected chi connectivity index (χ0v) is 17.8. The number of aliphatic imine (C=N–C) groups is 1. The molecule has 0 heterocycles. The van der Waals surface area contributed by atoms with E-state index in [4.69, 9.17) is 16.6 Å². The van der Waals surface area contributed by atoms with Crippen LogP contribution >= 0.6 is 11.6 Å². The van der Waals surface area contributed by atoms with Crippen LogP contribution in [0.3, 0.4) is 0 Å². The summed E-state index contributed by atoms with van der Waals surface area (Å²) in [7, 11) is 5.55. The zero-order chi connectivity index (χ0) is 20.5. The number of nitrogens with zero attached hydrogens (tertiary/aromatic N) is 3. The fourth-order valence-corrected chi connectivity index (χ4v) is 2.94. The first-order valence-electron chi connectivity index (χ1n) is 9.45. The third-order valence-corrected chi connectivity index (χ3v) is 4.52. The van der Waals surface area contributed by atoms with E-state index in [0.29, 0.717) is 12.1 Å². The van der Waals surface area contributed by atoms with Crippen LogP contribution in [0.5, 0.6) is 0 Å². The lowest BCUT2D eigenvalue weighted by atomic mass is 10.1. The van der Waals surface area contributed by atoms with E-state index in [1.807, 2.05) is 55.6 Å².